The molecule has 4 heteroatoms. The van der Waals surface area contributed by atoms with Crippen LogP contribution in [0, 0.1) is 0 Å². The number of amides is 1. The van der Waals surface area contributed by atoms with Crippen molar-refractivity contribution in [3.63, 3.8) is 0 Å². The molecule has 2 rings (SSSR count). The summed E-state index contributed by atoms with van der Waals surface area (Å²) in [6.07, 6.45) is 4.44. The van der Waals surface area contributed by atoms with Gasteiger partial charge < -0.3 is 9.80 Å². The first kappa shape index (κ1) is 13.8. The molecular weight excluding hydrogens is 226 g/mol. The van der Waals surface area contributed by atoms with Crippen LogP contribution in [0.2, 0.25) is 0 Å². The molecule has 1 N–H and O–H groups in total. The van der Waals surface area contributed by atoms with E-state index in [0.717, 1.165) is 39.1 Å². The summed E-state index contributed by atoms with van der Waals surface area (Å²) in [7, 11) is 0. The molecule has 4 nitrogen and oxygen atoms in total. The quantitative estimate of drug-likeness (QED) is 0.805. The van der Waals surface area contributed by atoms with E-state index in [4.69, 9.17) is 0 Å². The SMILES string of the molecule is CCN(CC)CC(C)N1CNC2(CCCC2)C1=O. The Kier molecular flexibility index (Phi) is 4.28. The van der Waals surface area contributed by atoms with Gasteiger partial charge in [-0.05, 0) is 32.9 Å². The lowest BCUT2D eigenvalue weighted by Crippen LogP contribution is -2.47. The van der Waals surface area contributed by atoms with E-state index >= 15 is 0 Å². The second-order valence-corrected chi connectivity index (χ2v) is 5.73. The summed E-state index contributed by atoms with van der Waals surface area (Å²) in [5.74, 6) is 0.347. The zero-order valence-corrected chi connectivity index (χ0v) is 12.0. The van der Waals surface area contributed by atoms with Crippen LogP contribution in [-0.2, 0) is 4.79 Å². The van der Waals surface area contributed by atoms with E-state index in [1.807, 2.05) is 4.90 Å². The van der Waals surface area contributed by atoms with Crippen molar-refractivity contribution in [2.75, 3.05) is 26.3 Å². The zero-order valence-electron chi connectivity index (χ0n) is 12.0. The summed E-state index contributed by atoms with van der Waals surface area (Å²) in [6, 6.07) is 0.310. The van der Waals surface area contributed by atoms with Gasteiger partial charge in [0.2, 0.25) is 5.91 Å². The van der Waals surface area contributed by atoms with Gasteiger partial charge in [0.05, 0.1) is 12.2 Å². The first-order valence-corrected chi connectivity index (χ1v) is 7.41. The molecule has 1 aliphatic heterocycles. The standard InChI is InChI=1S/C14H27N3O/c1-4-16(5-2)10-12(3)17-11-15-14(13(17)18)8-6-7-9-14/h12,15H,4-11H2,1-3H3. The molecule has 1 aliphatic carbocycles. The number of carbonyl (C=O) groups is 1. The molecule has 1 saturated heterocycles. The molecule has 18 heavy (non-hydrogen) atoms. The maximum absolute atomic E-state index is 12.6. The number of nitrogens with one attached hydrogen (secondary N) is 1. The first-order chi connectivity index (χ1) is 8.63. The Morgan fingerprint density at radius 3 is 2.50 bits per heavy atom. The van der Waals surface area contributed by atoms with Crippen molar-refractivity contribution in [1.29, 1.82) is 0 Å². The van der Waals surface area contributed by atoms with Crippen LogP contribution in [0.5, 0.6) is 0 Å². The fraction of sp³-hybridized carbons (Fsp3) is 0.929. The van der Waals surface area contributed by atoms with E-state index in [9.17, 15) is 4.79 Å². The van der Waals surface area contributed by atoms with Gasteiger partial charge in [-0.3, -0.25) is 10.1 Å². The lowest BCUT2D eigenvalue weighted by molar-refractivity contribution is -0.134. The van der Waals surface area contributed by atoms with Crippen molar-refractivity contribution in [2.24, 2.45) is 0 Å². The van der Waals surface area contributed by atoms with Crippen molar-refractivity contribution in [1.82, 2.24) is 15.1 Å². The first-order valence-electron chi connectivity index (χ1n) is 7.41. The third kappa shape index (κ3) is 2.41. The van der Waals surface area contributed by atoms with E-state index < -0.39 is 0 Å². The van der Waals surface area contributed by atoms with Gasteiger partial charge in [-0.2, -0.15) is 0 Å². The monoisotopic (exact) mass is 253 g/mol. The van der Waals surface area contributed by atoms with Gasteiger partial charge in [0, 0.05) is 12.6 Å². The number of hydrogen-bond acceptors (Lipinski definition) is 3. The largest absolute Gasteiger partial charge is 0.324 e. The molecule has 0 aromatic rings. The van der Waals surface area contributed by atoms with Gasteiger partial charge >= 0.3 is 0 Å². The highest BCUT2D eigenvalue weighted by atomic mass is 16.2. The Bertz CT molecular complexity index is 295. The van der Waals surface area contributed by atoms with E-state index in [2.05, 4.69) is 31.0 Å². The van der Waals surface area contributed by atoms with Gasteiger partial charge in [0.1, 0.15) is 0 Å². The van der Waals surface area contributed by atoms with Crippen molar-refractivity contribution in [3.05, 3.63) is 0 Å². The fourth-order valence-electron chi connectivity index (χ4n) is 3.34. The predicted molar refractivity (Wildman–Crippen MR) is 73.3 cm³/mol. The maximum Gasteiger partial charge on any atom is 0.244 e. The number of carbonyl (C=O) groups excluding carboxylic acids is 1. The smallest absolute Gasteiger partial charge is 0.244 e. The van der Waals surface area contributed by atoms with Crippen molar-refractivity contribution in [2.45, 2.75) is 58.0 Å². The Morgan fingerprint density at radius 1 is 1.33 bits per heavy atom. The van der Waals surface area contributed by atoms with Gasteiger partial charge in [-0.25, -0.2) is 0 Å². The summed E-state index contributed by atoms with van der Waals surface area (Å²) in [5.41, 5.74) is -0.197. The molecule has 0 radical (unpaired) electrons. The molecule has 0 aromatic carbocycles. The number of likely N-dealkylation sites (N-methyl/N-ethyl adjacent to an activating group) is 1. The number of hydrogen-bond donors (Lipinski definition) is 1. The van der Waals surface area contributed by atoms with Crippen LogP contribution in [0.1, 0.15) is 46.5 Å². The predicted octanol–water partition coefficient (Wildman–Crippen LogP) is 1.42. The normalized spacial score (nSPS) is 24.4. The van der Waals surface area contributed by atoms with Gasteiger partial charge in [-0.1, -0.05) is 26.7 Å². The minimum atomic E-state index is -0.197. The van der Waals surface area contributed by atoms with E-state index in [0.29, 0.717) is 11.9 Å². The van der Waals surface area contributed by atoms with Crippen LogP contribution in [0.4, 0.5) is 0 Å². The van der Waals surface area contributed by atoms with Crippen LogP contribution in [0.3, 0.4) is 0 Å². The molecule has 2 aliphatic rings. The van der Waals surface area contributed by atoms with Crippen molar-refractivity contribution in [3.8, 4) is 0 Å². The molecule has 2 fully saturated rings. The highest BCUT2D eigenvalue weighted by Gasteiger charge is 2.48. The summed E-state index contributed by atoms with van der Waals surface area (Å²) < 4.78 is 0. The Morgan fingerprint density at radius 2 is 1.94 bits per heavy atom. The highest BCUT2D eigenvalue weighted by Crippen LogP contribution is 2.34. The fourth-order valence-corrected chi connectivity index (χ4v) is 3.34. The lowest BCUT2D eigenvalue weighted by Gasteiger charge is -2.30. The molecule has 0 bridgehead atoms. The van der Waals surface area contributed by atoms with Crippen LogP contribution >= 0.6 is 0 Å². The van der Waals surface area contributed by atoms with Crippen LogP contribution in [-0.4, -0.2) is 53.6 Å². The van der Waals surface area contributed by atoms with Gasteiger partial charge in [0.25, 0.3) is 0 Å². The Hall–Kier alpha value is -0.610. The molecule has 104 valence electrons. The average molecular weight is 253 g/mol. The van der Waals surface area contributed by atoms with Gasteiger partial charge in [-0.15, -0.1) is 0 Å². The second kappa shape index (κ2) is 5.57. The van der Waals surface area contributed by atoms with E-state index in [1.54, 1.807) is 0 Å². The third-order valence-corrected chi connectivity index (χ3v) is 4.66. The maximum atomic E-state index is 12.6. The summed E-state index contributed by atoms with van der Waals surface area (Å²) >= 11 is 0. The Balaban J connectivity index is 1.96. The van der Waals surface area contributed by atoms with Crippen molar-refractivity contribution >= 4 is 5.91 Å². The highest BCUT2D eigenvalue weighted by molar-refractivity contribution is 5.88. The summed E-state index contributed by atoms with van der Waals surface area (Å²) in [4.78, 5) is 17.0. The van der Waals surface area contributed by atoms with Crippen LogP contribution in [0.15, 0.2) is 0 Å². The molecule has 0 aromatic heterocycles. The molecular formula is C14H27N3O. The van der Waals surface area contributed by atoms with Crippen LogP contribution in [0.25, 0.3) is 0 Å². The third-order valence-electron chi connectivity index (χ3n) is 4.66. The van der Waals surface area contributed by atoms with E-state index in [1.165, 1.54) is 12.8 Å². The molecule has 1 unspecified atom stereocenters. The summed E-state index contributed by atoms with van der Waals surface area (Å²) in [6.45, 7) is 10.4. The second-order valence-electron chi connectivity index (χ2n) is 5.73. The van der Waals surface area contributed by atoms with Gasteiger partial charge in [0.15, 0.2) is 0 Å². The minimum Gasteiger partial charge on any atom is -0.324 e. The number of rotatable bonds is 5. The summed E-state index contributed by atoms with van der Waals surface area (Å²) in [5, 5.41) is 3.48. The van der Waals surface area contributed by atoms with E-state index in [-0.39, 0.29) is 5.54 Å². The topological polar surface area (TPSA) is 35.6 Å². The van der Waals surface area contributed by atoms with Crippen molar-refractivity contribution < 1.29 is 4.79 Å². The lowest BCUT2D eigenvalue weighted by atomic mass is 9.97. The molecule has 1 amide bonds. The molecule has 1 heterocycles. The zero-order chi connectivity index (χ0) is 13.2. The molecule has 1 spiro atoms. The molecule has 1 atom stereocenters. The minimum absolute atomic E-state index is 0.197. The molecule has 1 saturated carbocycles. The Labute approximate surface area is 111 Å². The number of nitrogens with zero attached hydrogens (tertiary/aromatic N) is 2. The van der Waals surface area contributed by atoms with Crippen LogP contribution < -0.4 is 5.32 Å². The average Bonchev–Trinajstić information content (AvgIpc) is 2.97.